The van der Waals surface area contributed by atoms with Gasteiger partial charge in [-0.1, -0.05) is 25.0 Å². The molecular formula is C16H20F2N2O2S. The quantitative estimate of drug-likeness (QED) is 0.780. The largest absolute Gasteiger partial charge is 0.335 e. The van der Waals surface area contributed by atoms with Gasteiger partial charge in [-0.3, -0.25) is 10.1 Å². The van der Waals surface area contributed by atoms with Crippen molar-refractivity contribution in [3.8, 4) is 0 Å². The molecule has 23 heavy (non-hydrogen) atoms. The van der Waals surface area contributed by atoms with E-state index in [4.69, 9.17) is 0 Å². The summed E-state index contributed by atoms with van der Waals surface area (Å²) >= 11 is 1.32. The Kier molecular flexibility index (Phi) is 6.83. The van der Waals surface area contributed by atoms with Crippen molar-refractivity contribution in [2.75, 3.05) is 5.75 Å². The maximum atomic E-state index is 13.4. The number of rotatable bonds is 6. The summed E-state index contributed by atoms with van der Waals surface area (Å²) in [6.45, 7) is 0. The molecule has 4 nitrogen and oxygen atoms in total. The van der Waals surface area contributed by atoms with Crippen LogP contribution in [0.15, 0.2) is 18.2 Å². The molecule has 1 fully saturated rings. The number of hydrogen-bond donors (Lipinski definition) is 2. The van der Waals surface area contributed by atoms with E-state index >= 15 is 0 Å². The highest BCUT2D eigenvalue weighted by molar-refractivity contribution is 7.98. The number of imide groups is 1. The predicted molar refractivity (Wildman–Crippen MR) is 86.1 cm³/mol. The third-order valence-electron chi connectivity index (χ3n) is 3.71. The van der Waals surface area contributed by atoms with Crippen molar-refractivity contribution < 1.29 is 18.4 Å². The Morgan fingerprint density at radius 1 is 1.22 bits per heavy atom. The summed E-state index contributed by atoms with van der Waals surface area (Å²) in [5.41, 5.74) is 0.273. The molecule has 1 aliphatic carbocycles. The van der Waals surface area contributed by atoms with Crippen LogP contribution in [0.25, 0.3) is 0 Å². The van der Waals surface area contributed by atoms with Crippen LogP contribution < -0.4 is 10.6 Å². The van der Waals surface area contributed by atoms with Crippen molar-refractivity contribution in [1.82, 2.24) is 10.6 Å². The average Bonchev–Trinajstić information content (AvgIpc) is 3.00. The van der Waals surface area contributed by atoms with E-state index in [2.05, 4.69) is 10.6 Å². The van der Waals surface area contributed by atoms with Crippen LogP contribution in [0.1, 0.15) is 37.7 Å². The van der Waals surface area contributed by atoms with E-state index in [0.29, 0.717) is 5.75 Å². The summed E-state index contributed by atoms with van der Waals surface area (Å²) in [7, 11) is 0. The fourth-order valence-electron chi connectivity index (χ4n) is 2.49. The van der Waals surface area contributed by atoms with E-state index in [1.807, 2.05) is 0 Å². The second-order valence-corrected chi connectivity index (χ2v) is 6.62. The lowest BCUT2D eigenvalue weighted by atomic mass is 10.2. The van der Waals surface area contributed by atoms with E-state index in [0.717, 1.165) is 31.7 Å². The average molecular weight is 342 g/mol. The summed E-state index contributed by atoms with van der Waals surface area (Å²) in [5, 5.41) is 5.06. The molecule has 2 rings (SSSR count). The first-order chi connectivity index (χ1) is 11.1. The lowest BCUT2D eigenvalue weighted by molar-refractivity contribution is -0.119. The van der Waals surface area contributed by atoms with E-state index < -0.39 is 17.7 Å². The molecule has 0 spiro atoms. The minimum absolute atomic E-state index is 0.152. The van der Waals surface area contributed by atoms with Crippen LogP contribution in [-0.2, 0) is 10.5 Å². The molecular weight excluding hydrogens is 322 g/mol. The number of amides is 3. The van der Waals surface area contributed by atoms with Crippen LogP contribution >= 0.6 is 11.8 Å². The molecule has 2 N–H and O–H groups in total. The number of nitrogens with one attached hydrogen (secondary N) is 2. The molecule has 0 unspecified atom stereocenters. The minimum Gasteiger partial charge on any atom is -0.335 e. The molecule has 3 amide bonds. The van der Waals surface area contributed by atoms with Gasteiger partial charge in [-0.25, -0.2) is 13.6 Å². The first-order valence-electron chi connectivity index (χ1n) is 7.67. The van der Waals surface area contributed by atoms with Crippen molar-refractivity contribution in [2.45, 2.75) is 43.9 Å². The molecule has 0 radical (unpaired) electrons. The van der Waals surface area contributed by atoms with Gasteiger partial charge >= 0.3 is 6.03 Å². The van der Waals surface area contributed by atoms with Crippen molar-refractivity contribution in [3.63, 3.8) is 0 Å². The summed E-state index contributed by atoms with van der Waals surface area (Å²) in [5.74, 6) is -1.37. The number of hydrogen-bond acceptors (Lipinski definition) is 3. The molecule has 0 bridgehead atoms. The van der Waals surface area contributed by atoms with Gasteiger partial charge in [0.25, 0.3) is 0 Å². The molecule has 126 valence electrons. The Hall–Kier alpha value is -1.63. The zero-order chi connectivity index (χ0) is 16.7. The molecule has 1 aromatic rings. The van der Waals surface area contributed by atoms with Crippen LogP contribution in [0.5, 0.6) is 0 Å². The number of benzene rings is 1. The van der Waals surface area contributed by atoms with Crippen molar-refractivity contribution in [3.05, 3.63) is 35.4 Å². The maximum absolute atomic E-state index is 13.4. The van der Waals surface area contributed by atoms with Gasteiger partial charge < -0.3 is 5.32 Å². The molecule has 1 aromatic carbocycles. The maximum Gasteiger partial charge on any atom is 0.321 e. The molecule has 0 heterocycles. The van der Waals surface area contributed by atoms with Crippen molar-refractivity contribution >= 4 is 23.7 Å². The normalized spacial score (nSPS) is 14.7. The van der Waals surface area contributed by atoms with Crippen LogP contribution in [0.3, 0.4) is 0 Å². The van der Waals surface area contributed by atoms with Crippen LogP contribution in [0.2, 0.25) is 0 Å². The van der Waals surface area contributed by atoms with E-state index in [-0.39, 0.29) is 29.7 Å². The number of carbonyl (C=O) groups is 2. The van der Waals surface area contributed by atoms with Crippen LogP contribution in [0.4, 0.5) is 13.6 Å². The molecule has 0 saturated heterocycles. The highest BCUT2D eigenvalue weighted by Gasteiger charge is 2.18. The molecule has 1 saturated carbocycles. The topological polar surface area (TPSA) is 58.2 Å². The smallest absolute Gasteiger partial charge is 0.321 e. The van der Waals surface area contributed by atoms with Crippen LogP contribution in [-0.4, -0.2) is 23.7 Å². The van der Waals surface area contributed by atoms with Crippen molar-refractivity contribution in [1.29, 1.82) is 0 Å². The summed E-state index contributed by atoms with van der Waals surface area (Å²) in [4.78, 5) is 23.2. The molecule has 0 aromatic heterocycles. The van der Waals surface area contributed by atoms with Crippen molar-refractivity contribution in [2.24, 2.45) is 0 Å². The van der Waals surface area contributed by atoms with Gasteiger partial charge in [-0.15, -0.1) is 0 Å². The third-order valence-corrected chi connectivity index (χ3v) is 4.71. The van der Waals surface area contributed by atoms with Gasteiger partial charge in [0.15, 0.2) is 11.6 Å². The number of carbonyl (C=O) groups excluding carboxylic acids is 2. The predicted octanol–water partition coefficient (Wildman–Crippen LogP) is 3.36. The summed E-state index contributed by atoms with van der Waals surface area (Å²) in [6.07, 6.45) is 4.27. The zero-order valence-electron chi connectivity index (χ0n) is 12.7. The Labute approximate surface area is 138 Å². The van der Waals surface area contributed by atoms with E-state index in [1.165, 1.54) is 23.9 Å². The number of halogens is 2. The molecule has 0 aliphatic heterocycles. The summed E-state index contributed by atoms with van der Waals surface area (Å²) in [6, 6.07) is 3.74. The molecule has 0 atom stereocenters. The Morgan fingerprint density at radius 3 is 2.70 bits per heavy atom. The monoisotopic (exact) mass is 342 g/mol. The van der Waals surface area contributed by atoms with Gasteiger partial charge in [0.2, 0.25) is 5.91 Å². The first-order valence-corrected chi connectivity index (χ1v) is 8.82. The third kappa shape index (κ3) is 5.82. The highest BCUT2D eigenvalue weighted by atomic mass is 32.2. The number of urea groups is 1. The second kappa shape index (κ2) is 8.86. The lowest BCUT2D eigenvalue weighted by Crippen LogP contribution is -2.43. The van der Waals surface area contributed by atoms with E-state index in [1.54, 1.807) is 0 Å². The zero-order valence-corrected chi connectivity index (χ0v) is 13.6. The molecule has 7 heteroatoms. The van der Waals surface area contributed by atoms with Gasteiger partial charge in [0.1, 0.15) is 0 Å². The Morgan fingerprint density at radius 2 is 1.96 bits per heavy atom. The Bertz CT molecular complexity index is 563. The SMILES string of the molecule is O=C(CCSCc1cccc(F)c1F)NC(=O)NC1CCCC1. The first kappa shape index (κ1) is 17.7. The second-order valence-electron chi connectivity index (χ2n) is 5.52. The molecule has 1 aliphatic rings. The van der Waals surface area contributed by atoms with Gasteiger partial charge in [0.05, 0.1) is 0 Å². The fourth-order valence-corrected chi connectivity index (χ4v) is 3.40. The van der Waals surface area contributed by atoms with Gasteiger partial charge in [0, 0.05) is 29.5 Å². The minimum atomic E-state index is -0.871. The van der Waals surface area contributed by atoms with Gasteiger partial charge in [-0.2, -0.15) is 11.8 Å². The van der Waals surface area contributed by atoms with Gasteiger partial charge in [-0.05, 0) is 18.9 Å². The Balaban J connectivity index is 1.62. The summed E-state index contributed by atoms with van der Waals surface area (Å²) < 4.78 is 26.5. The standard InChI is InChI=1S/C16H20F2N2O2S/c17-13-7-3-4-11(15(13)18)10-23-9-8-14(21)20-16(22)19-12-5-1-2-6-12/h3-4,7,12H,1-2,5-6,8-10H2,(H2,19,20,21,22). The van der Waals surface area contributed by atoms with Crippen LogP contribution in [0, 0.1) is 11.6 Å². The highest BCUT2D eigenvalue weighted by Crippen LogP contribution is 2.19. The fraction of sp³-hybridized carbons (Fsp3) is 0.500. The number of thioether (sulfide) groups is 1. The van der Waals surface area contributed by atoms with E-state index in [9.17, 15) is 18.4 Å². The lowest BCUT2D eigenvalue weighted by Gasteiger charge is -2.12.